The molecule has 1 fully saturated rings. The van der Waals surface area contributed by atoms with E-state index in [1.807, 2.05) is 34.6 Å². The molecule has 1 unspecified atom stereocenters. The predicted molar refractivity (Wildman–Crippen MR) is 76.0 cm³/mol. The lowest BCUT2D eigenvalue weighted by Crippen LogP contribution is -2.41. The second-order valence-corrected chi connectivity index (χ2v) is 6.18. The van der Waals surface area contributed by atoms with Crippen LogP contribution in [0.3, 0.4) is 0 Å². The highest BCUT2D eigenvalue weighted by atomic mass is 16.7. The van der Waals surface area contributed by atoms with Gasteiger partial charge in [-0.3, -0.25) is 4.79 Å². The van der Waals surface area contributed by atoms with Crippen LogP contribution >= 0.6 is 0 Å². The van der Waals surface area contributed by atoms with Crippen LogP contribution in [0.2, 0.25) is 5.82 Å². The molecule has 0 aromatic carbocycles. The maximum absolute atomic E-state index is 11.7. The van der Waals surface area contributed by atoms with Crippen molar-refractivity contribution in [1.82, 2.24) is 0 Å². The fourth-order valence-corrected chi connectivity index (χ4v) is 2.22. The van der Waals surface area contributed by atoms with Crippen LogP contribution in [0.15, 0.2) is 0 Å². The monoisotopic (exact) mass is 270 g/mol. The Kier molecular flexibility index (Phi) is 5.45. The highest BCUT2D eigenvalue weighted by molar-refractivity contribution is 6.47. The summed E-state index contributed by atoms with van der Waals surface area (Å²) in [5.74, 6) is -0.110. The fraction of sp³-hybridized carbons (Fsp3) is 0.929. The zero-order valence-corrected chi connectivity index (χ0v) is 13.1. The summed E-state index contributed by atoms with van der Waals surface area (Å²) in [6.07, 6.45) is 2.25. The van der Waals surface area contributed by atoms with Crippen LogP contribution in [0.5, 0.6) is 0 Å². The van der Waals surface area contributed by atoms with E-state index in [9.17, 15) is 4.79 Å². The van der Waals surface area contributed by atoms with Crippen molar-refractivity contribution < 1.29 is 18.8 Å². The second kappa shape index (κ2) is 6.27. The first-order valence-corrected chi connectivity index (χ1v) is 7.24. The average Bonchev–Trinajstić information content (AvgIpc) is 2.48. The molecule has 1 saturated heterocycles. The Balaban J connectivity index is 2.71. The zero-order valence-electron chi connectivity index (χ0n) is 13.1. The average molecular weight is 270 g/mol. The van der Waals surface area contributed by atoms with Gasteiger partial charge >= 0.3 is 13.1 Å². The molecule has 1 heterocycles. The summed E-state index contributed by atoms with van der Waals surface area (Å²) < 4.78 is 17.1. The molecule has 0 bridgehead atoms. The highest BCUT2D eigenvalue weighted by Gasteiger charge is 2.53. The van der Waals surface area contributed by atoms with Gasteiger partial charge in [-0.15, -0.1) is 0 Å². The van der Waals surface area contributed by atoms with E-state index >= 15 is 0 Å². The number of rotatable bonds is 6. The molecular weight excluding hydrogens is 243 g/mol. The van der Waals surface area contributed by atoms with E-state index in [4.69, 9.17) is 14.0 Å². The van der Waals surface area contributed by atoms with Crippen molar-refractivity contribution in [3.8, 4) is 0 Å². The van der Waals surface area contributed by atoms with E-state index in [1.54, 1.807) is 0 Å². The van der Waals surface area contributed by atoms with Gasteiger partial charge in [0, 0.05) is 12.2 Å². The van der Waals surface area contributed by atoms with Crippen LogP contribution in [-0.4, -0.2) is 30.9 Å². The van der Waals surface area contributed by atoms with Crippen molar-refractivity contribution in [3.05, 3.63) is 0 Å². The van der Waals surface area contributed by atoms with Crippen molar-refractivity contribution in [2.45, 2.75) is 77.8 Å². The molecule has 1 aliphatic heterocycles. The van der Waals surface area contributed by atoms with Gasteiger partial charge in [-0.25, -0.2) is 0 Å². The minimum atomic E-state index is -0.349. The predicted octanol–water partition coefficient (Wildman–Crippen LogP) is 3.20. The number of ether oxygens (including phenoxy) is 1. The summed E-state index contributed by atoms with van der Waals surface area (Å²) in [7, 11) is -0.325. The molecule has 4 nitrogen and oxygen atoms in total. The topological polar surface area (TPSA) is 44.8 Å². The molecule has 0 saturated carbocycles. The first kappa shape index (κ1) is 16.5. The third kappa shape index (κ3) is 3.96. The largest absolute Gasteiger partial charge is 0.466 e. The normalized spacial score (nSPS) is 22.3. The molecule has 1 atom stereocenters. The molecule has 0 aromatic heterocycles. The molecule has 5 heteroatoms. The SMILES string of the molecule is CCCC(CC(=O)OCC)B1OC(C)(C)C(C)(C)O1. The number of carbonyl (C=O) groups excluding carboxylic acids is 1. The second-order valence-electron chi connectivity index (χ2n) is 6.18. The lowest BCUT2D eigenvalue weighted by molar-refractivity contribution is -0.143. The van der Waals surface area contributed by atoms with Gasteiger partial charge in [0.1, 0.15) is 0 Å². The van der Waals surface area contributed by atoms with Crippen LogP contribution < -0.4 is 0 Å². The molecule has 0 spiro atoms. The maximum Gasteiger partial charge on any atom is 0.461 e. The number of hydrogen-bond acceptors (Lipinski definition) is 4. The Hall–Kier alpha value is -0.545. The molecule has 110 valence electrons. The summed E-state index contributed by atoms with van der Waals surface area (Å²) in [4.78, 5) is 11.7. The van der Waals surface area contributed by atoms with Crippen LogP contribution in [0.1, 0.15) is 60.8 Å². The van der Waals surface area contributed by atoms with Crippen molar-refractivity contribution in [3.63, 3.8) is 0 Å². The van der Waals surface area contributed by atoms with Crippen molar-refractivity contribution in [1.29, 1.82) is 0 Å². The third-order valence-corrected chi connectivity index (χ3v) is 4.05. The Bertz CT molecular complexity index is 299. The van der Waals surface area contributed by atoms with Crippen molar-refractivity contribution in [2.75, 3.05) is 6.61 Å². The van der Waals surface area contributed by atoms with Crippen LogP contribution in [-0.2, 0) is 18.8 Å². The summed E-state index contributed by atoms with van der Waals surface area (Å²) >= 11 is 0. The fourth-order valence-electron chi connectivity index (χ4n) is 2.22. The Labute approximate surface area is 117 Å². The van der Waals surface area contributed by atoms with E-state index in [0.717, 1.165) is 12.8 Å². The Morgan fingerprint density at radius 1 is 1.16 bits per heavy atom. The van der Waals surface area contributed by atoms with Gasteiger partial charge in [-0.1, -0.05) is 19.8 Å². The lowest BCUT2D eigenvalue weighted by Gasteiger charge is -2.32. The molecule has 1 rings (SSSR count). The molecule has 0 amide bonds. The molecule has 0 aromatic rings. The standard InChI is InChI=1S/C14H27BO4/c1-7-9-11(10-12(16)17-8-2)15-18-13(3,4)14(5,6)19-15/h11H,7-10H2,1-6H3. The summed E-state index contributed by atoms with van der Waals surface area (Å²) in [5, 5.41) is 0. The molecule has 0 N–H and O–H groups in total. The first-order chi connectivity index (χ1) is 8.73. The highest BCUT2D eigenvalue weighted by Crippen LogP contribution is 2.42. The van der Waals surface area contributed by atoms with E-state index in [0.29, 0.717) is 13.0 Å². The molecular formula is C14H27BO4. The van der Waals surface area contributed by atoms with E-state index in [1.165, 1.54) is 0 Å². The van der Waals surface area contributed by atoms with Crippen LogP contribution in [0.25, 0.3) is 0 Å². The Morgan fingerprint density at radius 3 is 2.11 bits per heavy atom. The van der Waals surface area contributed by atoms with Crippen LogP contribution in [0.4, 0.5) is 0 Å². The van der Waals surface area contributed by atoms with Crippen LogP contribution in [0, 0.1) is 0 Å². The summed E-state index contributed by atoms with van der Waals surface area (Å²) in [6.45, 7) is 12.5. The maximum atomic E-state index is 11.7. The molecule has 1 aliphatic rings. The number of hydrogen-bond donors (Lipinski definition) is 0. The van der Waals surface area contributed by atoms with Gasteiger partial charge in [0.2, 0.25) is 0 Å². The zero-order chi connectivity index (χ0) is 14.7. The molecule has 19 heavy (non-hydrogen) atoms. The van der Waals surface area contributed by atoms with Gasteiger partial charge in [0.05, 0.1) is 17.8 Å². The summed E-state index contributed by atoms with van der Waals surface area (Å²) in [6, 6.07) is 0. The van der Waals surface area contributed by atoms with Gasteiger partial charge in [0.15, 0.2) is 0 Å². The Morgan fingerprint density at radius 2 is 1.68 bits per heavy atom. The minimum absolute atomic E-state index is 0.0603. The lowest BCUT2D eigenvalue weighted by atomic mass is 9.67. The van der Waals surface area contributed by atoms with Crippen molar-refractivity contribution >= 4 is 13.1 Å². The molecule has 0 radical (unpaired) electrons. The van der Waals surface area contributed by atoms with E-state index in [-0.39, 0.29) is 30.1 Å². The first-order valence-electron chi connectivity index (χ1n) is 7.24. The van der Waals surface area contributed by atoms with Gasteiger partial charge in [-0.05, 0) is 34.6 Å². The number of esters is 1. The number of carbonyl (C=O) groups is 1. The third-order valence-electron chi connectivity index (χ3n) is 4.05. The smallest absolute Gasteiger partial charge is 0.461 e. The van der Waals surface area contributed by atoms with Gasteiger partial charge < -0.3 is 14.0 Å². The van der Waals surface area contributed by atoms with E-state index < -0.39 is 0 Å². The quantitative estimate of drug-likeness (QED) is 0.549. The van der Waals surface area contributed by atoms with Gasteiger partial charge in [0.25, 0.3) is 0 Å². The molecule has 0 aliphatic carbocycles. The van der Waals surface area contributed by atoms with E-state index in [2.05, 4.69) is 6.92 Å². The van der Waals surface area contributed by atoms with Gasteiger partial charge in [-0.2, -0.15) is 0 Å². The minimum Gasteiger partial charge on any atom is -0.466 e. The van der Waals surface area contributed by atoms with Crippen molar-refractivity contribution in [2.24, 2.45) is 0 Å². The summed E-state index contributed by atoms with van der Waals surface area (Å²) in [5.41, 5.74) is -0.698.